The van der Waals surface area contributed by atoms with Crippen LogP contribution in [0.25, 0.3) is 5.65 Å². The van der Waals surface area contributed by atoms with E-state index in [1.54, 1.807) is 30.3 Å². The number of aromatic nitrogens is 3. The third kappa shape index (κ3) is 3.21. The summed E-state index contributed by atoms with van der Waals surface area (Å²) < 4.78 is 30.3. The van der Waals surface area contributed by atoms with Crippen molar-refractivity contribution in [3.8, 4) is 5.75 Å². The molecule has 0 aliphatic carbocycles. The van der Waals surface area contributed by atoms with Crippen LogP contribution in [0.1, 0.15) is 5.56 Å². The van der Waals surface area contributed by atoms with Crippen LogP contribution < -0.4 is 10.1 Å². The van der Waals surface area contributed by atoms with Gasteiger partial charge in [-0.2, -0.15) is 8.78 Å². The minimum atomic E-state index is -2.92. The number of benzene rings is 1. The Hall–Kier alpha value is -3.30. The summed E-state index contributed by atoms with van der Waals surface area (Å²) in [5, 5.41) is 17.9. The Bertz CT molecular complexity index is 884. The zero-order valence-electron chi connectivity index (χ0n) is 12.1. The number of alkyl halides is 2. The summed E-state index contributed by atoms with van der Waals surface area (Å²) in [4.78, 5) is 14.2. The molecule has 124 valence electrons. The molecule has 0 unspecified atom stereocenters. The van der Waals surface area contributed by atoms with Crippen molar-refractivity contribution in [3.05, 3.63) is 58.3 Å². The molecule has 0 saturated carbocycles. The normalized spacial score (nSPS) is 11.0. The molecule has 2 heterocycles. The smallest absolute Gasteiger partial charge is 0.387 e. The van der Waals surface area contributed by atoms with Gasteiger partial charge in [-0.05, 0) is 17.1 Å². The molecule has 8 nitrogen and oxygen atoms in total. The number of halogens is 2. The van der Waals surface area contributed by atoms with E-state index in [2.05, 4.69) is 20.1 Å². The van der Waals surface area contributed by atoms with Crippen molar-refractivity contribution < 1.29 is 18.4 Å². The van der Waals surface area contributed by atoms with Crippen molar-refractivity contribution in [1.29, 1.82) is 0 Å². The van der Waals surface area contributed by atoms with Crippen molar-refractivity contribution in [2.45, 2.75) is 13.2 Å². The molecule has 0 spiro atoms. The van der Waals surface area contributed by atoms with E-state index in [0.29, 0.717) is 17.0 Å². The van der Waals surface area contributed by atoms with Crippen LogP contribution in [-0.4, -0.2) is 26.1 Å². The molecule has 0 aliphatic heterocycles. The number of hydrogen-bond acceptors (Lipinski definition) is 6. The Balaban J connectivity index is 1.81. The van der Waals surface area contributed by atoms with Crippen molar-refractivity contribution in [2.75, 3.05) is 5.32 Å². The first kappa shape index (κ1) is 15.6. The number of para-hydroxylation sites is 1. The van der Waals surface area contributed by atoms with Gasteiger partial charge in [0.15, 0.2) is 5.82 Å². The molecular weight excluding hydrogens is 324 g/mol. The average Bonchev–Trinajstić information content (AvgIpc) is 2.97. The predicted molar refractivity (Wildman–Crippen MR) is 80.0 cm³/mol. The van der Waals surface area contributed by atoms with E-state index in [9.17, 15) is 18.9 Å². The summed E-state index contributed by atoms with van der Waals surface area (Å²) in [6, 6.07) is 9.48. The monoisotopic (exact) mass is 335 g/mol. The van der Waals surface area contributed by atoms with Gasteiger partial charge in [-0.1, -0.05) is 27.8 Å². The molecule has 0 fully saturated rings. The van der Waals surface area contributed by atoms with E-state index >= 15 is 0 Å². The second-order valence-electron chi connectivity index (χ2n) is 4.70. The number of anilines is 1. The number of imidazole rings is 1. The minimum absolute atomic E-state index is 0.0506. The summed E-state index contributed by atoms with van der Waals surface area (Å²) in [6.45, 7) is -2.77. The van der Waals surface area contributed by atoms with Crippen LogP contribution in [0.4, 0.5) is 20.4 Å². The maximum Gasteiger partial charge on any atom is 0.387 e. The van der Waals surface area contributed by atoms with E-state index in [4.69, 9.17) is 0 Å². The Kier molecular flexibility index (Phi) is 4.18. The van der Waals surface area contributed by atoms with Gasteiger partial charge in [0.1, 0.15) is 11.9 Å². The Morgan fingerprint density at radius 3 is 2.83 bits per heavy atom. The summed E-state index contributed by atoms with van der Waals surface area (Å²) >= 11 is 0. The number of hydrogen-bond donors (Lipinski definition) is 1. The van der Waals surface area contributed by atoms with Crippen molar-refractivity contribution in [2.24, 2.45) is 0 Å². The second kappa shape index (κ2) is 6.44. The van der Waals surface area contributed by atoms with Gasteiger partial charge in [-0.3, -0.25) is 0 Å². The SMILES string of the molecule is O=[N+]([O-])c1cnc2ccc(NCc3ccccc3OC(F)F)nn12. The third-order valence-electron chi connectivity index (χ3n) is 3.18. The zero-order chi connectivity index (χ0) is 17.1. The number of fused-ring (bicyclic) bond motifs is 1. The molecule has 3 aromatic rings. The summed E-state index contributed by atoms with van der Waals surface area (Å²) in [7, 11) is 0. The van der Waals surface area contributed by atoms with Gasteiger partial charge in [-0.25, -0.2) is 4.98 Å². The molecular formula is C14H11F2N5O3. The van der Waals surface area contributed by atoms with Crippen LogP contribution in [0.3, 0.4) is 0 Å². The lowest BCUT2D eigenvalue weighted by atomic mass is 10.2. The summed E-state index contributed by atoms with van der Waals surface area (Å²) in [5.41, 5.74) is 0.827. The van der Waals surface area contributed by atoms with E-state index in [0.717, 1.165) is 10.7 Å². The van der Waals surface area contributed by atoms with Gasteiger partial charge in [0.2, 0.25) is 5.65 Å². The lowest BCUT2D eigenvalue weighted by Gasteiger charge is -2.11. The maximum absolute atomic E-state index is 12.4. The van der Waals surface area contributed by atoms with Crippen molar-refractivity contribution in [3.63, 3.8) is 0 Å². The molecule has 0 atom stereocenters. The molecule has 0 radical (unpaired) electrons. The Labute approximate surface area is 133 Å². The van der Waals surface area contributed by atoms with Gasteiger partial charge < -0.3 is 20.2 Å². The second-order valence-corrected chi connectivity index (χ2v) is 4.70. The number of rotatable bonds is 6. The number of ether oxygens (including phenoxy) is 1. The van der Waals surface area contributed by atoms with Gasteiger partial charge in [0.05, 0.1) is 0 Å². The van der Waals surface area contributed by atoms with Crippen LogP contribution in [0.15, 0.2) is 42.6 Å². The molecule has 0 amide bonds. The molecule has 0 aliphatic rings. The first-order chi connectivity index (χ1) is 11.5. The van der Waals surface area contributed by atoms with Crippen LogP contribution in [0.5, 0.6) is 5.75 Å². The quantitative estimate of drug-likeness (QED) is 0.550. The highest BCUT2D eigenvalue weighted by molar-refractivity contribution is 5.48. The molecule has 24 heavy (non-hydrogen) atoms. The van der Waals surface area contributed by atoms with Gasteiger partial charge in [0, 0.05) is 18.2 Å². The molecule has 3 rings (SSSR count). The average molecular weight is 335 g/mol. The molecule has 0 saturated heterocycles. The summed E-state index contributed by atoms with van der Waals surface area (Å²) in [6.07, 6.45) is 1.11. The molecule has 0 bridgehead atoms. The van der Waals surface area contributed by atoms with Crippen molar-refractivity contribution in [1.82, 2.24) is 14.6 Å². The number of nitrogens with zero attached hydrogens (tertiary/aromatic N) is 4. The topological polar surface area (TPSA) is 94.6 Å². The summed E-state index contributed by atoms with van der Waals surface area (Å²) in [5.74, 6) is 0.111. The van der Waals surface area contributed by atoms with Crippen LogP contribution >= 0.6 is 0 Å². The number of nitrogens with one attached hydrogen (secondary N) is 1. The minimum Gasteiger partial charge on any atom is -0.434 e. The predicted octanol–water partition coefficient (Wildman–Crippen LogP) is 2.85. The van der Waals surface area contributed by atoms with Crippen LogP contribution in [0.2, 0.25) is 0 Å². The standard InChI is InChI=1S/C14H11F2N5O3/c15-14(16)24-10-4-2-1-3-9(10)7-17-11-5-6-12-18-8-13(21(22)23)20(12)19-11/h1-6,8,14H,7H2,(H,17,19). The van der Waals surface area contributed by atoms with Gasteiger partial charge in [0.25, 0.3) is 0 Å². The van der Waals surface area contributed by atoms with Crippen LogP contribution in [0, 0.1) is 10.1 Å². The fourth-order valence-electron chi connectivity index (χ4n) is 2.13. The highest BCUT2D eigenvalue weighted by Gasteiger charge is 2.16. The molecule has 1 N–H and O–H groups in total. The molecule has 1 aromatic carbocycles. The lowest BCUT2D eigenvalue weighted by molar-refractivity contribution is -0.391. The Morgan fingerprint density at radius 2 is 2.08 bits per heavy atom. The zero-order valence-corrected chi connectivity index (χ0v) is 12.1. The third-order valence-corrected chi connectivity index (χ3v) is 3.18. The van der Waals surface area contributed by atoms with E-state index in [1.807, 2.05) is 0 Å². The van der Waals surface area contributed by atoms with Crippen LogP contribution in [-0.2, 0) is 6.54 Å². The fraction of sp³-hybridized carbons (Fsp3) is 0.143. The van der Waals surface area contributed by atoms with E-state index in [-0.39, 0.29) is 18.1 Å². The first-order valence-electron chi connectivity index (χ1n) is 6.80. The molecule has 2 aromatic heterocycles. The first-order valence-corrected chi connectivity index (χ1v) is 6.80. The van der Waals surface area contributed by atoms with E-state index < -0.39 is 11.5 Å². The highest BCUT2D eigenvalue weighted by atomic mass is 19.3. The van der Waals surface area contributed by atoms with E-state index in [1.165, 1.54) is 6.07 Å². The maximum atomic E-state index is 12.4. The lowest BCUT2D eigenvalue weighted by Crippen LogP contribution is -2.08. The largest absolute Gasteiger partial charge is 0.434 e. The van der Waals surface area contributed by atoms with Gasteiger partial charge in [-0.15, -0.1) is 0 Å². The highest BCUT2D eigenvalue weighted by Crippen LogP contribution is 2.21. The fourth-order valence-corrected chi connectivity index (χ4v) is 2.13. The molecule has 10 heteroatoms. The van der Waals surface area contributed by atoms with Crippen molar-refractivity contribution >= 4 is 17.3 Å². The number of nitro groups is 1. The Morgan fingerprint density at radius 1 is 1.29 bits per heavy atom. The van der Waals surface area contributed by atoms with Gasteiger partial charge >= 0.3 is 12.4 Å².